The van der Waals surface area contributed by atoms with Gasteiger partial charge in [-0.05, 0) is 96.5 Å². The van der Waals surface area contributed by atoms with Crippen LogP contribution in [0.15, 0.2) is 133 Å². The molecular formula is C55H66N4O12. The molecule has 1 heterocycles. The number of aliphatic hydroxyl groups is 2. The lowest BCUT2D eigenvalue weighted by Gasteiger charge is -2.59. The summed E-state index contributed by atoms with van der Waals surface area (Å²) >= 11 is 0. The largest absolute Gasteiger partial charge is 0.459 e. The first-order chi connectivity index (χ1) is 34.7. The summed E-state index contributed by atoms with van der Waals surface area (Å²) in [6.07, 6.45) is 7.42. The summed E-state index contributed by atoms with van der Waals surface area (Å²) in [7, 11) is 0. The van der Waals surface area contributed by atoms with E-state index in [1.807, 2.05) is 73.7 Å². The molecule has 0 saturated heterocycles. The average Bonchev–Trinajstić information content (AvgIpc) is 3.38. The van der Waals surface area contributed by atoms with E-state index in [1.54, 1.807) is 35.2 Å². The van der Waals surface area contributed by atoms with Crippen LogP contribution in [0, 0.1) is 27.9 Å². The van der Waals surface area contributed by atoms with Crippen molar-refractivity contribution in [2.24, 2.45) is 22.9 Å². The van der Waals surface area contributed by atoms with Crippen molar-refractivity contribution in [3.8, 4) is 11.5 Å². The molecule has 6 atom stereocenters. The van der Waals surface area contributed by atoms with Gasteiger partial charge in [0.2, 0.25) is 5.79 Å². The number of ether oxygens (including phenoxy) is 5. The van der Waals surface area contributed by atoms with Crippen LogP contribution >= 0.6 is 0 Å². The summed E-state index contributed by atoms with van der Waals surface area (Å²) in [6.45, 7) is 7.17. The maximum absolute atomic E-state index is 14.6. The fraction of sp³-hybridized carbons (Fsp3) is 0.436. The SMILES string of the molecule is C=CCOC12Oc3ccc(OC(=O)NCc4ccccc4)cc3C3C(CCCCO)C(CCCCO)C=C(C(=NOCc4ccc([N+](=O)[O-])cc4)CC1N(CCC)C(=O)OCCOCc1ccccc1)C32. The van der Waals surface area contributed by atoms with Crippen LogP contribution in [0.5, 0.6) is 11.5 Å². The maximum Gasteiger partial charge on any atom is 0.412 e. The normalized spacial score (nSPS) is 21.4. The number of hydrogen-bond donors (Lipinski definition) is 3. The molecule has 16 nitrogen and oxygen atoms in total. The minimum Gasteiger partial charge on any atom is -0.459 e. The number of nitro groups is 1. The maximum atomic E-state index is 14.6. The second kappa shape index (κ2) is 26.0. The number of carbonyl (C=O) groups excluding carboxylic acids is 2. The van der Waals surface area contributed by atoms with Crippen molar-refractivity contribution in [2.45, 2.75) is 95.8 Å². The van der Waals surface area contributed by atoms with Crippen LogP contribution in [0.1, 0.15) is 86.5 Å². The number of unbranched alkanes of at least 4 members (excludes halogenated alkanes) is 2. The van der Waals surface area contributed by atoms with Gasteiger partial charge in [-0.2, -0.15) is 0 Å². The number of nitrogens with one attached hydrogen (secondary N) is 1. The van der Waals surface area contributed by atoms with Gasteiger partial charge in [-0.3, -0.25) is 15.0 Å². The fourth-order valence-corrected chi connectivity index (χ4v) is 10.2. The second-order valence-electron chi connectivity index (χ2n) is 18.0. The molecule has 3 N–H and O–H groups in total. The number of carbonyl (C=O) groups is 2. The van der Waals surface area contributed by atoms with Crippen LogP contribution in [0.25, 0.3) is 0 Å². The number of nitrogens with zero attached hydrogens (tertiary/aromatic N) is 3. The number of oxime groups is 1. The summed E-state index contributed by atoms with van der Waals surface area (Å²) in [5.41, 5.74) is 4.67. The third kappa shape index (κ3) is 13.2. The summed E-state index contributed by atoms with van der Waals surface area (Å²) in [5, 5.41) is 39.1. The highest BCUT2D eigenvalue weighted by Gasteiger charge is 2.65. The van der Waals surface area contributed by atoms with Crippen molar-refractivity contribution >= 4 is 23.6 Å². The minimum atomic E-state index is -1.55. The Morgan fingerprint density at radius 1 is 0.915 bits per heavy atom. The molecule has 0 aromatic heterocycles. The van der Waals surface area contributed by atoms with Crippen LogP contribution < -0.4 is 14.8 Å². The van der Waals surface area contributed by atoms with Crippen molar-refractivity contribution in [2.75, 3.05) is 39.6 Å². The Labute approximate surface area is 415 Å². The van der Waals surface area contributed by atoms with Crippen LogP contribution in [-0.4, -0.2) is 89.3 Å². The number of rotatable bonds is 26. The fourth-order valence-electron chi connectivity index (χ4n) is 10.2. The van der Waals surface area contributed by atoms with E-state index in [4.69, 9.17) is 33.7 Å². The van der Waals surface area contributed by atoms with Gasteiger partial charge in [-0.25, -0.2) is 9.59 Å². The van der Waals surface area contributed by atoms with Gasteiger partial charge < -0.3 is 44.1 Å². The number of nitro benzene ring substituents is 1. The molecule has 16 heteroatoms. The van der Waals surface area contributed by atoms with E-state index in [0.29, 0.717) is 61.5 Å². The van der Waals surface area contributed by atoms with E-state index in [-0.39, 0.29) is 82.6 Å². The quantitative estimate of drug-likeness (QED) is 0.0233. The lowest BCUT2D eigenvalue weighted by molar-refractivity contribution is -0.384. The van der Waals surface area contributed by atoms with Gasteiger partial charge in [0.05, 0.1) is 36.4 Å². The summed E-state index contributed by atoms with van der Waals surface area (Å²) in [5.74, 6) is -1.90. The molecule has 3 aliphatic rings. The minimum absolute atomic E-state index is 0.00538. The molecular weight excluding hydrogens is 909 g/mol. The summed E-state index contributed by atoms with van der Waals surface area (Å²) in [6, 6.07) is 29.8. The van der Waals surface area contributed by atoms with Crippen LogP contribution in [0.2, 0.25) is 0 Å². The molecule has 4 aromatic carbocycles. The van der Waals surface area contributed by atoms with Crippen LogP contribution in [0.3, 0.4) is 0 Å². The van der Waals surface area contributed by atoms with E-state index in [2.05, 4.69) is 18.0 Å². The first kappa shape index (κ1) is 52.2. The Balaban J connectivity index is 1.32. The van der Waals surface area contributed by atoms with Gasteiger partial charge in [-0.15, -0.1) is 6.58 Å². The third-order valence-corrected chi connectivity index (χ3v) is 13.3. The molecule has 1 aliphatic heterocycles. The summed E-state index contributed by atoms with van der Waals surface area (Å²) < 4.78 is 32.2. The highest BCUT2D eigenvalue weighted by molar-refractivity contribution is 6.03. The van der Waals surface area contributed by atoms with Crippen molar-refractivity contribution in [3.63, 3.8) is 0 Å². The highest BCUT2D eigenvalue weighted by atomic mass is 16.7. The molecule has 378 valence electrons. The number of non-ortho nitro benzene ring substituents is 1. The molecule has 2 aliphatic carbocycles. The molecule has 1 saturated carbocycles. The molecule has 2 amide bonds. The zero-order valence-corrected chi connectivity index (χ0v) is 40.4. The van der Waals surface area contributed by atoms with Crippen LogP contribution in [0.4, 0.5) is 15.3 Å². The van der Waals surface area contributed by atoms with Crippen LogP contribution in [-0.2, 0) is 38.8 Å². The van der Waals surface area contributed by atoms with E-state index >= 15 is 0 Å². The highest BCUT2D eigenvalue weighted by Crippen LogP contribution is 2.62. The molecule has 6 unspecified atom stereocenters. The predicted molar refractivity (Wildman–Crippen MR) is 267 cm³/mol. The summed E-state index contributed by atoms with van der Waals surface area (Å²) in [4.78, 5) is 46.8. The average molecular weight is 975 g/mol. The number of aliphatic hydroxyl groups excluding tert-OH is 2. The Hall–Kier alpha value is -6.59. The zero-order valence-electron chi connectivity index (χ0n) is 40.4. The lowest BCUT2D eigenvalue weighted by atomic mass is 9.55. The van der Waals surface area contributed by atoms with Crippen molar-refractivity contribution < 1.29 is 53.2 Å². The molecule has 1 fully saturated rings. The zero-order chi connectivity index (χ0) is 50.0. The molecule has 7 rings (SSSR count). The van der Waals surface area contributed by atoms with Gasteiger partial charge in [0.25, 0.3) is 5.69 Å². The van der Waals surface area contributed by atoms with E-state index in [1.165, 1.54) is 12.1 Å². The number of allylic oxidation sites excluding steroid dienone is 1. The van der Waals surface area contributed by atoms with Crippen molar-refractivity contribution in [1.29, 1.82) is 0 Å². The first-order valence-electron chi connectivity index (χ1n) is 24.7. The van der Waals surface area contributed by atoms with Crippen molar-refractivity contribution in [1.82, 2.24) is 10.2 Å². The first-order valence-corrected chi connectivity index (χ1v) is 24.7. The monoisotopic (exact) mass is 974 g/mol. The second-order valence-corrected chi connectivity index (χ2v) is 18.0. The number of hydrogen-bond acceptors (Lipinski definition) is 13. The smallest absolute Gasteiger partial charge is 0.412 e. The molecule has 0 bridgehead atoms. The Kier molecular flexibility index (Phi) is 19.2. The Bertz CT molecular complexity index is 2430. The van der Waals surface area contributed by atoms with E-state index in [9.17, 15) is 29.9 Å². The Morgan fingerprint density at radius 2 is 1.62 bits per heavy atom. The number of amides is 2. The van der Waals surface area contributed by atoms with Gasteiger partial charge in [0.15, 0.2) is 0 Å². The van der Waals surface area contributed by atoms with Gasteiger partial charge >= 0.3 is 12.2 Å². The Morgan fingerprint density at radius 3 is 2.31 bits per heavy atom. The van der Waals surface area contributed by atoms with Gasteiger partial charge in [-0.1, -0.05) is 97.7 Å². The predicted octanol–water partition coefficient (Wildman–Crippen LogP) is 9.78. The molecule has 4 aromatic rings. The number of fused-ring (bicyclic) bond motifs is 2. The standard InChI is InChI=1S/C55H66N4O12/c1-3-27-58(54(63)67-32-31-66-37-40-17-9-6-10-18-40)50-35-48(57-69-38-41-21-23-43(24-22-41)59(64)65)46-33-42(19-11-13-28-60)45(20-12-14-29-61)51-47-34-44(70-53(62)56-36-39-15-7-5-8-16-39)25-26-49(47)71-55(50,52(46)51)68-30-4-2/h4-10,15-18,21-26,33-34,42,45,50-52,60-61H,2-3,11-14,19-20,27-32,35-38H2,1H3,(H,56,62). The van der Waals surface area contributed by atoms with Crippen molar-refractivity contribution in [3.05, 3.63) is 160 Å². The lowest BCUT2D eigenvalue weighted by Crippen LogP contribution is -2.70. The molecule has 71 heavy (non-hydrogen) atoms. The number of benzene rings is 4. The van der Waals surface area contributed by atoms with Gasteiger partial charge in [0.1, 0.15) is 30.8 Å². The molecule has 0 radical (unpaired) electrons. The van der Waals surface area contributed by atoms with E-state index < -0.39 is 34.9 Å². The van der Waals surface area contributed by atoms with Gasteiger partial charge in [0, 0.05) is 56.3 Å². The topological polar surface area (TPSA) is 201 Å². The molecule has 0 spiro atoms. The van der Waals surface area contributed by atoms with E-state index in [0.717, 1.165) is 35.1 Å². The third-order valence-electron chi connectivity index (χ3n) is 13.3.